The molecule has 0 bridgehead atoms. The quantitative estimate of drug-likeness (QED) is 0.147. The van der Waals surface area contributed by atoms with Crippen LogP contribution < -0.4 is 10.1 Å². The molecule has 0 atom stereocenters. The third-order valence-electron chi connectivity index (χ3n) is 6.92. The molecule has 234 valence electrons. The molecule has 0 unspecified atom stereocenters. The molecule has 0 aliphatic rings. The lowest BCUT2D eigenvalue weighted by atomic mass is 10.2. The predicted molar refractivity (Wildman–Crippen MR) is 179 cm³/mol. The fourth-order valence-electron chi connectivity index (χ4n) is 4.54. The van der Waals surface area contributed by atoms with Crippen LogP contribution in [0.2, 0.25) is 0 Å². The van der Waals surface area contributed by atoms with Crippen LogP contribution in [0.25, 0.3) is 22.3 Å². The number of sulfone groups is 1. The third-order valence-corrected chi connectivity index (χ3v) is 9.97. The van der Waals surface area contributed by atoms with Crippen LogP contribution >= 0.6 is 27.3 Å². The van der Waals surface area contributed by atoms with Crippen molar-refractivity contribution in [2.75, 3.05) is 24.7 Å². The molecule has 10 nitrogen and oxygen atoms in total. The minimum absolute atomic E-state index is 0.0397. The number of rotatable bonds is 12. The monoisotopic (exact) mass is 719 g/mol. The molecule has 0 saturated heterocycles. The molecule has 0 aliphatic heterocycles. The maximum atomic E-state index is 13.5. The van der Waals surface area contributed by atoms with Crippen molar-refractivity contribution in [1.29, 1.82) is 0 Å². The lowest BCUT2D eigenvalue weighted by Crippen LogP contribution is -2.25. The van der Waals surface area contributed by atoms with E-state index in [1.54, 1.807) is 24.4 Å². The minimum Gasteiger partial charge on any atom is -0.488 e. The number of nitrogens with one attached hydrogen (secondary N) is 1. The van der Waals surface area contributed by atoms with Crippen molar-refractivity contribution in [2.45, 2.75) is 18.2 Å². The summed E-state index contributed by atoms with van der Waals surface area (Å²) in [5, 5.41) is 6.96. The third kappa shape index (κ3) is 7.70. The second-order valence-electron chi connectivity index (χ2n) is 10.3. The summed E-state index contributed by atoms with van der Waals surface area (Å²) < 4.78 is 45.3. The Bertz CT molecular complexity index is 2100. The zero-order valence-corrected chi connectivity index (χ0v) is 27.7. The smallest absolute Gasteiger partial charge is 0.196 e. The number of anilines is 2. The molecule has 6 aromatic rings. The lowest BCUT2D eigenvalue weighted by molar-refractivity contribution is 0.303. The highest BCUT2D eigenvalue weighted by Gasteiger charge is 2.18. The molecule has 0 saturated carbocycles. The van der Waals surface area contributed by atoms with Crippen molar-refractivity contribution in [2.24, 2.45) is 0 Å². The van der Waals surface area contributed by atoms with E-state index in [2.05, 4.69) is 41.2 Å². The number of halogens is 2. The molecule has 4 aromatic heterocycles. The van der Waals surface area contributed by atoms with Gasteiger partial charge in [-0.1, -0.05) is 18.2 Å². The van der Waals surface area contributed by atoms with Gasteiger partial charge < -0.3 is 10.1 Å². The Morgan fingerprint density at radius 2 is 1.89 bits per heavy atom. The number of hydrogen-bond donors (Lipinski definition) is 1. The number of fused-ring (bicyclic) bond motifs is 1. The predicted octanol–water partition coefficient (Wildman–Crippen LogP) is 6.67. The molecule has 0 fully saturated rings. The van der Waals surface area contributed by atoms with Gasteiger partial charge in [0.15, 0.2) is 14.9 Å². The van der Waals surface area contributed by atoms with Gasteiger partial charge in [0.25, 0.3) is 0 Å². The first kappa shape index (κ1) is 31.6. The maximum absolute atomic E-state index is 13.5. The van der Waals surface area contributed by atoms with Gasteiger partial charge in [-0.2, -0.15) is 0 Å². The van der Waals surface area contributed by atoms with E-state index in [0.29, 0.717) is 41.6 Å². The highest BCUT2D eigenvalue weighted by Crippen LogP contribution is 2.32. The summed E-state index contributed by atoms with van der Waals surface area (Å²) in [6, 6.07) is 18.6. The number of pyridine rings is 2. The summed E-state index contributed by atoms with van der Waals surface area (Å²) in [6.07, 6.45) is 4.64. The molecular weight excluding hydrogens is 693 g/mol. The Morgan fingerprint density at radius 1 is 1.00 bits per heavy atom. The average Bonchev–Trinajstić information content (AvgIpc) is 3.52. The van der Waals surface area contributed by atoms with Crippen molar-refractivity contribution in [3.63, 3.8) is 0 Å². The van der Waals surface area contributed by atoms with Crippen LogP contribution in [0.4, 0.5) is 15.9 Å². The van der Waals surface area contributed by atoms with Crippen molar-refractivity contribution in [3.05, 3.63) is 112 Å². The fourth-order valence-corrected chi connectivity index (χ4v) is 7.17. The molecule has 4 heterocycles. The molecule has 14 heteroatoms. The summed E-state index contributed by atoms with van der Waals surface area (Å²) >= 11 is 5.05. The Kier molecular flexibility index (Phi) is 9.59. The van der Waals surface area contributed by atoms with Gasteiger partial charge in [0.1, 0.15) is 35.3 Å². The number of benzene rings is 2. The summed E-state index contributed by atoms with van der Waals surface area (Å²) in [4.78, 5) is 24.1. The Hall–Kier alpha value is -4.37. The van der Waals surface area contributed by atoms with E-state index in [-0.39, 0.29) is 23.2 Å². The highest BCUT2D eigenvalue weighted by molar-refractivity contribution is 9.10. The van der Waals surface area contributed by atoms with E-state index >= 15 is 0 Å². The second-order valence-corrected chi connectivity index (χ2v) is 14.2. The summed E-state index contributed by atoms with van der Waals surface area (Å²) in [7, 11) is -1.61. The Morgan fingerprint density at radius 3 is 2.70 bits per heavy atom. The fraction of sp³-hybridized carbons (Fsp3) is 0.156. The molecule has 0 spiro atoms. The lowest BCUT2D eigenvalue weighted by Gasteiger charge is -2.14. The normalized spacial score (nSPS) is 11.7. The number of nitrogens with zero attached hydrogens (tertiary/aromatic N) is 6. The van der Waals surface area contributed by atoms with Gasteiger partial charge in [-0.3, -0.25) is 9.88 Å². The van der Waals surface area contributed by atoms with Gasteiger partial charge >= 0.3 is 0 Å². The molecule has 0 radical (unpaired) electrons. The largest absolute Gasteiger partial charge is 0.488 e. The summed E-state index contributed by atoms with van der Waals surface area (Å²) in [5.41, 5.74) is 3.54. The molecule has 0 aliphatic carbocycles. The van der Waals surface area contributed by atoms with Crippen LogP contribution in [-0.2, 0) is 23.0 Å². The van der Waals surface area contributed by atoms with E-state index < -0.39 is 9.84 Å². The van der Waals surface area contributed by atoms with Crippen molar-refractivity contribution >= 4 is 59.5 Å². The van der Waals surface area contributed by atoms with Gasteiger partial charge in [-0.25, -0.2) is 32.7 Å². The van der Waals surface area contributed by atoms with Crippen LogP contribution in [0, 0.1) is 5.82 Å². The summed E-state index contributed by atoms with van der Waals surface area (Å²) in [6.45, 7) is 1.06. The highest BCUT2D eigenvalue weighted by atomic mass is 79.9. The first-order valence-electron chi connectivity index (χ1n) is 14.1. The van der Waals surface area contributed by atoms with Crippen molar-refractivity contribution in [3.8, 4) is 17.1 Å². The molecule has 1 N–H and O–H groups in total. The molecule has 0 amide bonds. The van der Waals surface area contributed by atoms with Crippen LogP contribution in [-0.4, -0.2) is 57.6 Å². The number of hydrogen-bond acceptors (Lipinski definition) is 11. The van der Waals surface area contributed by atoms with Crippen LogP contribution in [0.5, 0.6) is 5.75 Å². The van der Waals surface area contributed by atoms with Crippen LogP contribution in [0.15, 0.2) is 100 Å². The number of thiazole rings is 1. The van der Waals surface area contributed by atoms with Gasteiger partial charge in [0, 0.05) is 29.2 Å². The zero-order chi connectivity index (χ0) is 32.1. The van der Waals surface area contributed by atoms with Crippen molar-refractivity contribution in [1.82, 2.24) is 29.8 Å². The van der Waals surface area contributed by atoms with E-state index in [1.165, 1.54) is 42.1 Å². The first-order valence-corrected chi connectivity index (χ1v) is 17.4. The number of aromatic nitrogens is 5. The Labute approximate surface area is 277 Å². The topological polar surface area (TPSA) is 123 Å². The Balaban J connectivity index is 1.13. The first-order chi connectivity index (χ1) is 22.2. The standard InChI is InChI=1S/C32H27BrFN7O3S2/c1-41(11-12-46(42,43)31-7-2-3-10-35-31)17-30-40-28(19-45-30)26-15-24-27(16-36-26)37-20-38-32(24)39-23-8-9-29(25(33)14-23)44-18-21-5-4-6-22(34)13-21/h2-10,13-16,19-20H,11-12,17-18H2,1H3,(H,37,38,39). The van der Waals surface area contributed by atoms with Gasteiger partial charge in [0.2, 0.25) is 0 Å². The van der Waals surface area contributed by atoms with Gasteiger partial charge in [0.05, 0.1) is 39.9 Å². The van der Waals surface area contributed by atoms with E-state index in [0.717, 1.165) is 26.1 Å². The van der Waals surface area contributed by atoms with E-state index in [1.807, 2.05) is 47.7 Å². The van der Waals surface area contributed by atoms with E-state index in [4.69, 9.17) is 9.72 Å². The van der Waals surface area contributed by atoms with Crippen LogP contribution in [0.1, 0.15) is 10.6 Å². The second kappa shape index (κ2) is 14.0. The zero-order valence-electron chi connectivity index (χ0n) is 24.5. The van der Waals surface area contributed by atoms with Gasteiger partial charge in [-0.05, 0) is 77.1 Å². The minimum atomic E-state index is -3.47. The van der Waals surface area contributed by atoms with Crippen LogP contribution in [0.3, 0.4) is 0 Å². The molecule has 6 rings (SSSR count). The van der Waals surface area contributed by atoms with E-state index in [9.17, 15) is 12.8 Å². The summed E-state index contributed by atoms with van der Waals surface area (Å²) in [5.74, 6) is 0.870. The molecular formula is C32H27BrFN7O3S2. The maximum Gasteiger partial charge on any atom is 0.196 e. The SMILES string of the molecule is CN(CCS(=O)(=O)c1ccccn1)Cc1nc(-c2cc3c(Nc4ccc(OCc5cccc(F)c5)c(Br)c4)ncnc3cn2)cs1. The van der Waals surface area contributed by atoms with Gasteiger partial charge in [-0.15, -0.1) is 11.3 Å². The number of ether oxygens (including phenoxy) is 1. The molecule has 46 heavy (non-hydrogen) atoms. The average molecular weight is 721 g/mol. The molecule has 2 aromatic carbocycles. The van der Waals surface area contributed by atoms with Crippen molar-refractivity contribution < 1.29 is 17.5 Å².